The predicted molar refractivity (Wildman–Crippen MR) is 53.4 cm³/mol. The summed E-state index contributed by atoms with van der Waals surface area (Å²) in [4.78, 5) is 0. The molecule has 0 aromatic heterocycles. The smallest absolute Gasteiger partial charge is 0.313 e. The second kappa shape index (κ2) is 5.30. The fraction of sp³-hybridized carbons (Fsp3) is 0.455. The molecule has 0 heterocycles. The molecule has 5 heteroatoms. The van der Waals surface area contributed by atoms with Crippen LogP contribution in [0.2, 0.25) is 0 Å². The van der Waals surface area contributed by atoms with Gasteiger partial charge in [0.1, 0.15) is 5.82 Å². The van der Waals surface area contributed by atoms with E-state index in [9.17, 15) is 17.6 Å². The van der Waals surface area contributed by atoms with Crippen LogP contribution in [0.5, 0.6) is 0 Å². The van der Waals surface area contributed by atoms with Crippen molar-refractivity contribution in [3.8, 4) is 0 Å². The van der Waals surface area contributed by atoms with E-state index in [-0.39, 0.29) is 12.1 Å². The second-order valence-electron chi connectivity index (χ2n) is 3.48. The van der Waals surface area contributed by atoms with Gasteiger partial charge < -0.3 is 5.32 Å². The van der Waals surface area contributed by atoms with Crippen molar-refractivity contribution in [1.29, 1.82) is 0 Å². The standard InChI is InChI=1S/C11H13F4N/c1-2-5-16-7-8-6-9(11(13,14)15)3-4-10(8)12/h3-4,6,16H,2,5,7H2,1H3. The van der Waals surface area contributed by atoms with Gasteiger partial charge in [0.25, 0.3) is 0 Å². The Hall–Kier alpha value is -1.10. The number of hydrogen-bond donors (Lipinski definition) is 1. The second-order valence-corrected chi connectivity index (χ2v) is 3.48. The molecule has 0 amide bonds. The van der Waals surface area contributed by atoms with Crippen LogP contribution in [0.25, 0.3) is 0 Å². The van der Waals surface area contributed by atoms with Crippen LogP contribution in [0, 0.1) is 5.82 Å². The summed E-state index contributed by atoms with van der Waals surface area (Å²) in [6.07, 6.45) is -3.58. The topological polar surface area (TPSA) is 12.0 Å². The van der Waals surface area contributed by atoms with Crippen LogP contribution in [-0.2, 0) is 12.7 Å². The van der Waals surface area contributed by atoms with Crippen LogP contribution in [-0.4, -0.2) is 6.54 Å². The van der Waals surface area contributed by atoms with E-state index in [2.05, 4.69) is 5.32 Å². The van der Waals surface area contributed by atoms with Crippen molar-refractivity contribution >= 4 is 0 Å². The number of hydrogen-bond acceptors (Lipinski definition) is 1. The average molecular weight is 235 g/mol. The number of benzene rings is 1. The van der Waals surface area contributed by atoms with Gasteiger partial charge in [-0.25, -0.2) is 4.39 Å². The van der Waals surface area contributed by atoms with Gasteiger partial charge in [-0.3, -0.25) is 0 Å². The Morgan fingerprint density at radius 2 is 1.94 bits per heavy atom. The van der Waals surface area contributed by atoms with Gasteiger partial charge in [-0.1, -0.05) is 6.92 Å². The third kappa shape index (κ3) is 3.48. The molecule has 0 aliphatic rings. The summed E-state index contributed by atoms with van der Waals surface area (Å²) >= 11 is 0. The lowest BCUT2D eigenvalue weighted by molar-refractivity contribution is -0.137. The first kappa shape index (κ1) is 13.0. The van der Waals surface area contributed by atoms with Gasteiger partial charge in [0.2, 0.25) is 0 Å². The fourth-order valence-corrected chi connectivity index (χ4v) is 1.29. The molecule has 0 spiro atoms. The van der Waals surface area contributed by atoms with Crippen molar-refractivity contribution in [3.63, 3.8) is 0 Å². The molecule has 0 aliphatic carbocycles. The van der Waals surface area contributed by atoms with E-state index < -0.39 is 17.6 Å². The maximum atomic E-state index is 13.2. The van der Waals surface area contributed by atoms with E-state index in [1.54, 1.807) is 0 Å². The molecule has 1 rings (SSSR count). The first-order valence-electron chi connectivity index (χ1n) is 5.01. The van der Waals surface area contributed by atoms with E-state index in [0.717, 1.165) is 24.6 Å². The summed E-state index contributed by atoms with van der Waals surface area (Å²) < 4.78 is 50.2. The summed E-state index contributed by atoms with van der Waals surface area (Å²) in [6.45, 7) is 2.69. The highest BCUT2D eigenvalue weighted by atomic mass is 19.4. The number of rotatable bonds is 4. The first-order valence-corrected chi connectivity index (χ1v) is 5.01. The van der Waals surface area contributed by atoms with E-state index >= 15 is 0 Å². The molecular weight excluding hydrogens is 222 g/mol. The highest BCUT2D eigenvalue weighted by molar-refractivity contribution is 5.27. The molecule has 90 valence electrons. The molecule has 0 saturated carbocycles. The minimum absolute atomic E-state index is 0.0447. The lowest BCUT2D eigenvalue weighted by Crippen LogP contribution is -2.16. The van der Waals surface area contributed by atoms with E-state index in [0.29, 0.717) is 6.54 Å². The molecule has 1 aromatic carbocycles. The molecule has 1 nitrogen and oxygen atoms in total. The minimum Gasteiger partial charge on any atom is -0.313 e. The molecule has 0 fully saturated rings. The van der Waals surface area contributed by atoms with Crippen LogP contribution in [0.15, 0.2) is 18.2 Å². The highest BCUT2D eigenvalue weighted by Gasteiger charge is 2.30. The Morgan fingerprint density at radius 1 is 1.25 bits per heavy atom. The van der Waals surface area contributed by atoms with Gasteiger partial charge in [0, 0.05) is 12.1 Å². The quantitative estimate of drug-likeness (QED) is 0.623. The summed E-state index contributed by atoms with van der Waals surface area (Å²) in [5, 5.41) is 2.86. The Morgan fingerprint density at radius 3 is 2.50 bits per heavy atom. The summed E-state index contributed by atoms with van der Waals surface area (Å²) in [5.74, 6) is -0.614. The molecule has 0 aliphatic heterocycles. The van der Waals surface area contributed by atoms with Crippen LogP contribution < -0.4 is 5.32 Å². The van der Waals surface area contributed by atoms with Crippen molar-refractivity contribution in [1.82, 2.24) is 5.32 Å². The van der Waals surface area contributed by atoms with Crippen molar-refractivity contribution in [2.24, 2.45) is 0 Å². The summed E-state index contributed by atoms with van der Waals surface area (Å²) in [6, 6.07) is 2.45. The van der Waals surface area contributed by atoms with Crippen molar-refractivity contribution in [3.05, 3.63) is 35.1 Å². The third-order valence-electron chi connectivity index (χ3n) is 2.12. The van der Waals surface area contributed by atoms with E-state index in [1.165, 1.54) is 0 Å². The van der Waals surface area contributed by atoms with Crippen molar-refractivity contribution < 1.29 is 17.6 Å². The van der Waals surface area contributed by atoms with Gasteiger partial charge in [-0.15, -0.1) is 0 Å². The van der Waals surface area contributed by atoms with Gasteiger partial charge in [-0.05, 0) is 31.2 Å². The van der Waals surface area contributed by atoms with Crippen LogP contribution in [0.3, 0.4) is 0 Å². The molecule has 0 saturated heterocycles. The van der Waals surface area contributed by atoms with Gasteiger partial charge in [0.15, 0.2) is 0 Å². The monoisotopic (exact) mass is 235 g/mol. The van der Waals surface area contributed by atoms with Crippen LogP contribution >= 0.6 is 0 Å². The Balaban J connectivity index is 2.83. The molecule has 1 N–H and O–H groups in total. The number of nitrogens with one attached hydrogen (secondary N) is 1. The Labute approximate surface area is 91.5 Å². The molecule has 1 aromatic rings. The first-order chi connectivity index (χ1) is 7.45. The zero-order valence-corrected chi connectivity index (χ0v) is 8.87. The SMILES string of the molecule is CCCNCc1cc(C(F)(F)F)ccc1F. The Kier molecular flexibility index (Phi) is 4.29. The largest absolute Gasteiger partial charge is 0.416 e. The molecule has 0 bridgehead atoms. The van der Waals surface area contributed by atoms with Crippen molar-refractivity contribution in [2.45, 2.75) is 26.1 Å². The van der Waals surface area contributed by atoms with E-state index in [1.807, 2.05) is 6.92 Å². The molecule has 0 atom stereocenters. The summed E-state index contributed by atoms with van der Waals surface area (Å²) in [5.41, 5.74) is -0.773. The molecule has 0 unspecified atom stereocenters. The van der Waals surface area contributed by atoms with Crippen LogP contribution in [0.4, 0.5) is 17.6 Å². The van der Waals surface area contributed by atoms with Gasteiger partial charge >= 0.3 is 6.18 Å². The highest BCUT2D eigenvalue weighted by Crippen LogP contribution is 2.30. The molecular formula is C11H13F4N. The zero-order valence-electron chi connectivity index (χ0n) is 8.87. The Bertz CT molecular complexity index is 346. The molecule has 0 radical (unpaired) electrons. The lowest BCUT2D eigenvalue weighted by Gasteiger charge is -2.10. The fourth-order valence-electron chi connectivity index (χ4n) is 1.29. The maximum Gasteiger partial charge on any atom is 0.416 e. The number of halogens is 4. The third-order valence-corrected chi connectivity index (χ3v) is 2.12. The minimum atomic E-state index is -4.42. The van der Waals surface area contributed by atoms with Crippen molar-refractivity contribution in [2.75, 3.05) is 6.54 Å². The maximum absolute atomic E-state index is 13.2. The van der Waals surface area contributed by atoms with Gasteiger partial charge in [0.05, 0.1) is 5.56 Å². The van der Waals surface area contributed by atoms with E-state index in [4.69, 9.17) is 0 Å². The number of alkyl halides is 3. The predicted octanol–water partition coefficient (Wildman–Crippen LogP) is 3.34. The normalized spacial score (nSPS) is 11.8. The van der Waals surface area contributed by atoms with Crippen LogP contribution in [0.1, 0.15) is 24.5 Å². The molecule has 16 heavy (non-hydrogen) atoms. The zero-order chi connectivity index (χ0) is 12.2. The lowest BCUT2D eigenvalue weighted by atomic mass is 10.1. The average Bonchev–Trinajstić information content (AvgIpc) is 2.19. The van der Waals surface area contributed by atoms with Gasteiger partial charge in [-0.2, -0.15) is 13.2 Å². The summed E-state index contributed by atoms with van der Waals surface area (Å²) in [7, 11) is 0.